The minimum atomic E-state index is -1.15. The first-order valence-electron chi connectivity index (χ1n) is 14.1. The molecule has 2 heterocycles. The number of esters is 1. The van der Waals surface area contributed by atoms with Gasteiger partial charge in [-0.3, -0.25) is 4.79 Å². The number of carbonyl (C=O) groups excluding carboxylic acids is 2. The second-order valence-corrected chi connectivity index (χ2v) is 11.0. The van der Waals surface area contributed by atoms with Gasteiger partial charge in [0.1, 0.15) is 11.5 Å². The summed E-state index contributed by atoms with van der Waals surface area (Å²) in [7, 11) is 0. The van der Waals surface area contributed by atoms with Crippen molar-refractivity contribution in [3.8, 4) is 11.5 Å². The van der Waals surface area contributed by atoms with E-state index in [4.69, 9.17) is 9.47 Å². The number of carbonyl (C=O) groups is 2. The van der Waals surface area contributed by atoms with Crippen molar-refractivity contribution in [1.29, 1.82) is 0 Å². The largest absolute Gasteiger partial charge is 0.456 e. The van der Waals surface area contributed by atoms with Crippen LogP contribution in [0.1, 0.15) is 78.6 Å². The average molecular weight is 598 g/mol. The van der Waals surface area contributed by atoms with Crippen LogP contribution in [0.25, 0.3) is 0 Å². The van der Waals surface area contributed by atoms with Gasteiger partial charge in [-0.2, -0.15) is 0 Å². The third-order valence-corrected chi connectivity index (χ3v) is 8.78. The van der Waals surface area contributed by atoms with Gasteiger partial charge in [0.05, 0.1) is 5.56 Å². The molecule has 0 bridgehead atoms. The molecule has 7 heteroatoms. The maximum Gasteiger partial charge on any atom is 0.340 e. The van der Waals surface area contributed by atoms with Crippen molar-refractivity contribution in [3.63, 3.8) is 0 Å². The maximum atomic E-state index is 13.6. The van der Waals surface area contributed by atoms with Gasteiger partial charge in [-0.25, -0.2) is 4.79 Å². The Labute approximate surface area is 258 Å². The van der Waals surface area contributed by atoms with Crippen LogP contribution in [0.2, 0.25) is 0 Å². The molecule has 1 spiro atoms. The standard InChI is InChI=1S/C35H34N2O4.V/c1-7-16-36-24-12-14-28-30(17-24)40-31-18-25(37-33(38)32-22(5)20(3)19(2)21(4)23(32)6)13-15-29(31)35(28)27-11-9-8-10-26(27)34(39)41-35;/h8-15,17-18,36H,7,16H2,1-6H3,(H,37,38);. The SMILES string of the molecule is CCCNc1ccc2c(c1)Oc1cc(NC(=O)c3c(C)c(C)c(C)c(C)c3C)ccc1C21OC(=O)c2ccccc21.[V]. The summed E-state index contributed by atoms with van der Waals surface area (Å²) in [4.78, 5) is 26.8. The minimum absolute atomic E-state index is 0. The van der Waals surface area contributed by atoms with E-state index in [-0.39, 0.29) is 30.4 Å². The number of rotatable bonds is 5. The molecule has 0 saturated carbocycles. The number of amides is 1. The van der Waals surface area contributed by atoms with Crippen LogP contribution in [0.4, 0.5) is 11.4 Å². The summed E-state index contributed by atoms with van der Waals surface area (Å²) in [5.74, 6) is 0.585. The maximum absolute atomic E-state index is 13.6. The van der Waals surface area contributed by atoms with Gasteiger partial charge in [-0.1, -0.05) is 25.1 Å². The summed E-state index contributed by atoms with van der Waals surface area (Å²) < 4.78 is 12.7. The molecule has 1 amide bonds. The molecule has 0 saturated heterocycles. The van der Waals surface area contributed by atoms with E-state index in [0.717, 1.165) is 52.0 Å². The zero-order valence-electron chi connectivity index (χ0n) is 24.8. The van der Waals surface area contributed by atoms with Crippen LogP contribution in [0.5, 0.6) is 11.5 Å². The second-order valence-electron chi connectivity index (χ2n) is 11.0. The first-order chi connectivity index (χ1) is 19.7. The van der Waals surface area contributed by atoms with E-state index in [1.807, 2.05) is 68.4 Å². The monoisotopic (exact) mass is 597 g/mol. The van der Waals surface area contributed by atoms with Gasteiger partial charge >= 0.3 is 5.97 Å². The Kier molecular flexibility index (Phi) is 7.73. The van der Waals surface area contributed by atoms with Gasteiger partial charge in [0, 0.05) is 70.9 Å². The van der Waals surface area contributed by atoms with Crippen LogP contribution in [-0.4, -0.2) is 18.4 Å². The van der Waals surface area contributed by atoms with E-state index in [2.05, 4.69) is 38.3 Å². The summed E-state index contributed by atoms with van der Waals surface area (Å²) in [5, 5.41) is 6.50. The molecule has 213 valence electrons. The number of benzene rings is 4. The summed E-state index contributed by atoms with van der Waals surface area (Å²) in [6, 6.07) is 18.9. The zero-order valence-corrected chi connectivity index (χ0v) is 26.2. The molecule has 4 aromatic rings. The van der Waals surface area contributed by atoms with Crippen molar-refractivity contribution < 1.29 is 37.6 Å². The van der Waals surface area contributed by atoms with E-state index in [1.165, 1.54) is 5.56 Å². The van der Waals surface area contributed by atoms with Gasteiger partial charge in [-0.05, 0) is 99.2 Å². The number of nitrogens with one attached hydrogen (secondary N) is 2. The molecule has 2 aliphatic rings. The van der Waals surface area contributed by atoms with E-state index in [1.54, 1.807) is 6.07 Å². The minimum Gasteiger partial charge on any atom is -0.456 e. The predicted octanol–water partition coefficient (Wildman–Crippen LogP) is 7.87. The number of anilines is 2. The zero-order chi connectivity index (χ0) is 29.1. The Hall–Kier alpha value is -4.00. The molecule has 6 rings (SSSR count). The molecule has 0 aromatic heterocycles. The molecular weight excluding hydrogens is 563 g/mol. The molecule has 1 atom stereocenters. The Morgan fingerprint density at radius 1 is 0.762 bits per heavy atom. The fourth-order valence-corrected chi connectivity index (χ4v) is 6.17. The van der Waals surface area contributed by atoms with Crippen LogP contribution in [-0.2, 0) is 28.9 Å². The fourth-order valence-electron chi connectivity index (χ4n) is 6.17. The molecule has 0 aliphatic carbocycles. The second kappa shape index (κ2) is 11.0. The van der Waals surface area contributed by atoms with E-state index in [9.17, 15) is 9.59 Å². The van der Waals surface area contributed by atoms with Crippen molar-refractivity contribution in [1.82, 2.24) is 0 Å². The Balaban J connectivity index is 0.00000353. The number of hydrogen-bond acceptors (Lipinski definition) is 5. The van der Waals surface area contributed by atoms with Crippen molar-refractivity contribution in [2.24, 2.45) is 0 Å². The van der Waals surface area contributed by atoms with Crippen LogP contribution in [0, 0.1) is 34.6 Å². The van der Waals surface area contributed by atoms with Gasteiger partial charge in [0.2, 0.25) is 0 Å². The molecule has 2 aliphatic heterocycles. The Morgan fingerprint density at radius 3 is 1.98 bits per heavy atom. The van der Waals surface area contributed by atoms with E-state index in [0.29, 0.717) is 33.9 Å². The van der Waals surface area contributed by atoms with E-state index >= 15 is 0 Å². The summed E-state index contributed by atoms with van der Waals surface area (Å²) >= 11 is 0. The topological polar surface area (TPSA) is 76.7 Å². The molecule has 42 heavy (non-hydrogen) atoms. The molecule has 6 nitrogen and oxygen atoms in total. The number of fused-ring (bicyclic) bond motifs is 6. The summed E-state index contributed by atoms with van der Waals surface area (Å²) in [5.41, 5.74) is 9.26. The quantitative estimate of drug-likeness (QED) is 0.229. The Bertz CT molecular complexity index is 1730. The fraction of sp³-hybridized carbons (Fsp3) is 0.257. The molecule has 4 aromatic carbocycles. The van der Waals surface area contributed by atoms with Crippen LogP contribution in [0.15, 0.2) is 60.7 Å². The van der Waals surface area contributed by atoms with Crippen LogP contribution in [0.3, 0.4) is 0 Å². The summed E-state index contributed by atoms with van der Waals surface area (Å²) in [6.07, 6.45) is 0.984. The summed E-state index contributed by atoms with van der Waals surface area (Å²) in [6.45, 7) is 13.1. The number of ether oxygens (including phenoxy) is 2. The van der Waals surface area contributed by atoms with Gasteiger partial charge in [0.25, 0.3) is 5.91 Å². The van der Waals surface area contributed by atoms with Gasteiger partial charge in [-0.15, -0.1) is 0 Å². The van der Waals surface area contributed by atoms with Crippen molar-refractivity contribution in [2.45, 2.75) is 53.6 Å². The molecule has 1 unspecified atom stereocenters. The normalized spacial score (nSPS) is 16.0. The third kappa shape index (κ3) is 4.41. The molecular formula is C35H34N2O4V. The van der Waals surface area contributed by atoms with Gasteiger partial charge < -0.3 is 20.1 Å². The third-order valence-electron chi connectivity index (χ3n) is 8.78. The smallest absolute Gasteiger partial charge is 0.340 e. The average Bonchev–Trinajstić information content (AvgIpc) is 3.26. The van der Waals surface area contributed by atoms with E-state index < -0.39 is 5.60 Å². The first kappa shape index (κ1) is 29.5. The van der Waals surface area contributed by atoms with Crippen LogP contribution < -0.4 is 15.4 Å². The van der Waals surface area contributed by atoms with Crippen molar-refractivity contribution in [3.05, 3.63) is 116 Å². The van der Waals surface area contributed by atoms with Crippen molar-refractivity contribution >= 4 is 23.3 Å². The predicted molar refractivity (Wildman–Crippen MR) is 162 cm³/mol. The Morgan fingerprint density at radius 2 is 1.33 bits per heavy atom. The van der Waals surface area contributed by atoms with Gasteiger partial charge in [0.15, 0.2) is 5.60 Å². The first-order valence-corrected chi connectivity index (χ1v) is 14.1. The van der Waals surface area contributed by atoms with Crippen LogP contribution >= 0.6 is 0 Å². The molecule has 2 N–H and O–H groups in total. The van der Waals surface area contributed by atoms with Crippen molar-refractivity contribution in [2.75, 3.05) is 17.2 Å². The molecule has 0 fully saturated rings. The number of hydrogen-bond donors (Lipinski definition) is 2. The molecule has 1 radical (unpaired) electrons.